The predicted octanol–water partition coefficient (Wildman–Crippen LogP) is 5.60. The monoisotopic (exact) mass is 431 g/mol. The number of carbonyl (C=O) groups is 1. The van der Waals surface area contributed by atoms with Crippen LogP contribution in [-0.4, -0.2) is 27.1 Å². The first-order valence-electron chi connectivity index (χ1n) is 9.78. The Kier molecular flexibility index (Phi) is 6.91. The minimum atomic E-state index is -1.35. The number of alkyl halides is 2. The standard InChI is InChI=1S/C23H25Cl2N2O2/c1-2-3-8-13-23(24,25)20-15-18(21-12-7-9-14-26-21)16-27(17-28,22(20)29)19-10-5-4-6-11-19/h4-7,9-12,14-16,28H,2-3,8,13,17H2,1H3/q+1. The van der Waals surface area contributed by atoms with E-state index in [4.69, 9.17) is 23.2 Å². The summed E-state index contributed by atoms with van der Waals surface area (Å²) in [6, 6.07) is 14.7. The molecule has 0 radical (unpaired) electrons. The van der Waals surface area contributed by atoms with Gasteiger partial charge in [-0.15, -0.1) is 0 Å². The van der Waals surface area contributed by atoms with Gasteiger partial charge in [0.05, 0.1) is 16.8 Å². The zero-order chi connectivity index (χ0) is 20.9. The summed E-state index contributed by atoms with van der Waals surface area (Å²) in [5.41, 5.74) is 2.29. The number of benzene rings is 1. The van der Waals surface area contributed by atoms with E-state index in [1.807, 2.05) is 48.5 Å². The molecule has 0 spiro atoms. The maximum absolute atomic E-state index is 13.6. The van der Waals surface area contributed by atoms with E-state index in [1.54, 1.807) is 18.5 Å². The SMILES string of the molecule is CCCCCC(Cl)(Cl)C1=CC(c2ccccn2)=C[N+](CO)(c2ccccc2)C1=O. The number of aromatic nitrogens is 1. The lowest BCUT2D eigenvalue weighted by Crippen LogP contribution is -2.54. The van der Waals surface area contributed by atoms with Crippen molar-refractivity contribution in [3.63, 3.8) is 0 Å². The van der Waals surface area contributed by atoms with Gasteiger partial charge >= 0.3 is 5.91 Å². The molecule has 1 unspecified atom stereocenters. The predicted molar refractivity (Wildman–Crippen MR) is 119 cm³/mol. The minimum absolute atomic E-state index is 0.276. The van der Waals surface area contributed by atoms with E-state index in [0.717, 1.165) is 19.3 Å². The summed E-state index contributed by atoms with van der Waals surface area (Å²) < 4.78 is -1.76. The van der Waals surface area contributed by atoms with Crippen LogP contribution in [0.25, 0.3) is 5.57 Å². The molecule has 2 heterocycles. The van der Waals surface area contributed by atoms with Crippen molar-refractivity contribution < 1.29 is 9.90 Å². The van der Waals surface area contributed by atoms with E-state index in [9.17, 15) is 9.90 Å². The van der Waals surface area contributed by atoms with Crippen LogP contribution in [0.4, 0.5) is 5.69 Å². The van der Waals surface area contributed by atoms with Gasteiger partial charge in [-0.1, -0.05) is 73.7 Å². The molecule has 0 fully saturated rings. The number of unbranched alkanes of at least 4 members (excludes halogenated alkanes) is 2. The van der Waals surface area contributed by atoms with E-state index in [2.05, 4.69) is 11.9 Å². The van der Waals surface area contributed by atoms with Gasteiger partial charge in [-0.25, -0.2) is 4.79 Å². The number of amides is 1. The molecule has 0 aliphatic carbocycles. The summed E-state index contributed by atoms with van der Waals surface area (Å²) in [5.74, 6) is -0.333. The fraction of sp³-hybridized carbons (Fsp3) is 0.304. The fourth-order valence-electron chi connectivity index (χ4n) is 3.51. The van der Waals surface area contributed by atoms with Crippen LogP contribution in [-0.2, 0) is 4.79 Å². The van der Waals surface area contributed by atoms with Crippen molar-refractivity contribution in [3.8, 4) is 0 Å². The Morgan fingerprint density at radius 3 is 2.41 bits per heavy atom. The Balaban J connectivity index is 2.15. The third-order valence-electron chi connectivity index (χ3n) is 5.14. The summed E-state index contributed by atoms with van der Waals surface area (Å²) in [7, 11) is 0. The van der Waals surface area contributed by atoms with Crippen molar-refractivity contribution in [2.24, 2.45) is 0 Å². The molecule has 0 bridgehead atoms. The number of para-hydroxylation sites is 1. The zero-order valence-electron chi connectivity index (χ0n) is 16.4. The smallest absolute Gasteiger partial charge is 0.346 e. The van der Waals surface area contributed by atoms with Crippen molar-refractivity contribution >= 4 is 40.4 Å². The maximum atomic E-state index is 13.6. The van der Waals surface area contributed by atoms with Gasteiger partial charge in [0.1, 0.15) is 11.9 Å². The van der Waals surface area contributed by atoms with Gasteiger partial charge in [0.15, 0.2) is 11.1 Å². The lowest BCUT2D eigenvalue weighted by Gasteiger charge is -2.36. The quantitative estimate of drug-likeness (QED) is 0.336. The molecule has 1 aliphatic rings. The highest BCUT2D eigenvalue weighted by atomic mass is 35.5. The average molecular weight is 432 g/mol. The van der Waals surface area contributed by atoms with Gasteiger partial charge in [-0.05, 0) is 24.6 Å². The molecule has 1 N–H and O–H groups in total. The summed E-state index contributed by atoms with van der Waals surface area (Å²) in [6.07, 6.45) is 8.39. The zero-order valence-corrected chi connectivity index (χ0v) is 17.9. The maximum Gasteiger partial charge on any atom is 0.356 e. The van der Waals surface area contributed by atoms with E-state index in [1.165, 1.54) is 0 Å². The van der Waals surface area contributed by atoms with Gasteiger partial charge in [0.2, 0.25) is 0 Å². The first-order chi connectivity index (χ1) is 13.9. The minimum Gasteiger partial charge on any atom is -0.346 e. The Labute approximate surface area is 181 Å². The Bertz CT molecular complexity index is 911. The number of nitrogens with zero attached hydrogens (tertiary/aromatic N) is 2. The third kappa shape index (κ3) is 4.46. The highest BCUT2D eigenvalue weighted by Gasteiger charge is 2.49. The molecule has 1 atom stereocenters. The van der Waals surface area contributed by atoms with Crippen LogP contribution in [0.15, 0.2) is 72.6 Å². The van der Waals surface area contributed by atoms with Crippen LogP contribution in [0.2, 0.25) is 0 Å². The second kappa shape index (κ2) is 9.23. The second-order valence-corrected chi connectivity index (χ2v) is 8.65. The van der Waals surface area contributed by atoms with E-state index in [0.29, 0.717) is 23.4 Å². The topological polar surface area (TPSA) is 50.2 Å². The first kappa shape index (κ1) is 21.7. The summed E-state index contributed by atoms with van der Waals surface area (Å²) in [6.45, 7) is 1.65. The van der Waals surface area contributed by atoms with E-state index >= 15 is 0 Å². The molecule has 1 amide bonds. The molecule has 1 aromatic heterocycles. The van der Waals surface area contributed by atoms with Crippen LogP contribution in [0.5, 0.6) is 0 Å². The van der Waals surface area contributed by atoms with E-state index in [-0.39, 0.29) is 11.5 Å². The van der Waals surface area contributed by atoms with Crippen LogP contribution in [0.3, 0.4) is 0 Å². The number of carbonyl (C=O) groups excluding carboxylic acids is 1. The molecular formula is C23H25Cl2N2O2+. The molecule has 1 aliphatic heterocycles. The molecule has 0 saturated carbocycles. The normalized spacial score (nSPS) is 19.7. The molecule has 6 heteroatoms. The summed E-state index contributed by atoms with van der Waals surface area (Å²) in [4.78, 5) is 18.1. The van der Waals surface area contributed by atoms with Crippen LogP contribution in [0.1, 0.15) is 38.3 Å². The number of rotatable bonds is 8. The number of aliphatic hydroxyl groups excluding tert-OH is 1. The highest BCUT2D eigenvalue weighted by Crippen LogP contribution is 2.43. The molecule has 29 heavy (non-hydrogen) atoms. The van der Waals surface area contributed by atoms with Gasteiger partial charge in [-0.2, -0.15) is 4.48 Å². The molecule has 3 rings (SSSR count). The van der Waals surface area contributed by atoms with Crippen molar-refractivity contribution in [3.05, 3.63) is 78.3 Å². The number of aliphatic hydroxyl groups is 1. The van der Waals surface area contributed by atoms with Crippen LogP contribution >= 0.6 is 23.2 Å². The summed E-state index contributed by atoms with van der Waals surface area (Å²) >= 11 is 13.4. The molecular weight excluding hydrogens is 407 g/mol. The lowest BCUT2D eigenvalue weighted by atomic mass is 9.95. The van der Waals surface area contributed by atoms with Gasteiger partial charge < -0.3 is 5.11 Å². The van der Waals surface area contributed by atoms with Crippen molar-refractivity contribution in [1.29, 1.82) is 0 Å². The number of quaternary nitrogens is 1. The third-order valence-corrected chi connectivity index (χ3v) is 5.93. The second-order valence-electron chi connectivity index (χ2n) is 7.17. The van der Waals surface area contributed by atoms with Crippen molar-refractivity contribution in [2.45, 2.75) is 36.9 Å². The lowest BCUT2D eigenvalue weighted by molar-refractivity contribution is -0.127. The Hall–Kier alpha value is -1.98. The molecule has 2 aromatic rings. The largest absolute Gasteiger partial charge is 0.356 e. The van der Waals surface area contributed by atoms with Gasteiger partial charge in [0, 0.05) is 18.3 Å². The molecule has 4 nitrogen and oxygen atoms in total. The Morgan fingerprint density at radius 1 is 1.07 bits per heavy atom. The summed E-state index contributed by atoms with van der Waals surface area (Å²) in [5, 5.41) is 10.4. The molecule has 0 saturated heterocycles. The molecule has 152 valence electrons. The van der Waals surface area contributed by atoms with E-state index < -0.39 is 15.5 Å². The number of allylic oxidation sites excluding steroid dienone is 2. The van der Waals surface area contributed by atoms with Gasteiger partial charge in [0.25, 0.3) is 0 Å². The van der Waals surface area contributed by atoms with Crippen LogP contribution < -0.4 is 4.48 Å². The van der Waals surface area contributed by atoms with Gasteiger partial charge in [-0.3, -0.25) is 4.98 Å². The number of halogens is 2. The average Bonchev–Trinajstić information content (AvgIpc) is 2.75. The number of hydrogen-bond acceptors (Lipinski definition) is 3. The number of hydrogen-bond donors (Lipinski definition) is 1. The fourth-order valence-corrected chi connectivity index (χ4v) is 4.04. The van der Waals surface area contributed by atoms with Crippen LogP contribution in [0, 0.1) is 0 Å². The Morgan fingerprint density at radius 2 is 1.79 bits per heavy atom. The number of pyridine rings is 1. The van der Waals surface area contributed by atoms with Crippen molar-refractivity contribution in [1.82, 2.24) is 9.47 Å². The first-order valence-corrected chi connectivity index (χ1v) is 10.5. The highest BCUT2D eigenvalue weighted by molar-refractivity contribution is 6.52. The molecule has 1 aromatic carbocycles. The van der Waals surface area contributed by atoms with Crippen molar-refractivity contribution in [2.75, 3.05) is 6.73 Å².